The molecule has 0 atom stereocenters. The van der Waals surface area contributed by atoms with Crippen LogP contribution in [-0.2, 0) is 18.9 Å². The predicted octanol–water partition coefficient (Wildman–Crippen LogP) is 6.16. The van der Waals surface area contributed by atoms with Crippen LogP contribution in [0.1, 0.15) is 16.7 Å². The van der Waals surface area contributed by atoms with Crippen molar-refractivity contribution in [2.75, 3.05) is 5.32 Å². The van der Waals surface area contributed by atoms with Crippen LogP contribution in [0.2, 0.25) is 0 Å². The Morgan fingerprint density at radius 3 is 2.19 bits per heavy atom. The first-order chi connectivity index (χ1) is 14.9. The molecule has 0 spiro atoms. The number of tetrazole rings is 1. The molecule has 2 aromatic heterocycles. The van der Waals surface area contributed by atoms with Gasteiger partial charge in [-0.2, -0.15) is 31.6 Å². The predicted molar refractivity (Wildman–Crippen MR) is 101 cm³/mol. The van der Waals surface area contributed by atoms with E-state index in [2.05, 4.69) is 41.9 Å². The van der Waals surface area contributed by atoms with Crippen LogP contribution < -0.4 is 5.32 Å². The highest BCUT2D eigenvalue weighted by Gasteiger charge is 2.40. The minimum Gasteiger partial charge on any atom is -0.453 e. The number of benzene rings is 2. The van der Waals surface area contributed by atoms with Gasteiger partial charge in [0.05, 0.1) is 11.1 Å². The van der Waals surface area contributed by atoms with Gasteiger partial charge in [0.25, 0.3) is 0 Å². The zero-order chi connectivity index (χ0) is 23.3. The standard InChI is InChI=1S/C18H9BrF7N5O/c19-15-10(17(21,22)23)4-9(5-11(15)18(24,25)26)27-6-8-3-13-7(1-12(8)20)2-14(32-13)16-28-30-31-29-16/h1-5,27H,6H2,(H,28,29,30,31). The summed E-state index contributed by atoms with van der Waals surface area (Å²) in [6, 6.07) is 4.87. The topological polar surface area (TPSA) is 79.6 Å². The first kappa shape index (κ1) is 22.0. The van der Waals surface area contributed by atoms with Crippen molar-refractivity contribution in [3.63, 3.8) is 0 Å². The average molecular weight is 524 g/mol. The lowest BCUT2D eigenvalue weighted by Gasteiger charge is -2.18. The van der Waals surface area contributed by atoms with Crippen molar-refractivity contribution in [1.29, 1.82) is 0 Å². The molecule has 2 heterocycles. The largest absolute Gasteiger partial charge is 0.453 e. The number of rotatable bonds is 4. The molecular formula is C18H9BrF7N5O. The fraction of sp³-hybridized carbons (Fsp3) is 0.167. The van der Waals surface area contributed by atoms with E-state index in [1.165, 1.54) is 12.1 Å². The summed E-state index contributed by atoms with van der Waals surface area (Å²) < 4.78 is 98.1. The van der Waals surface area contributed by atoms with Gasteiger partial charge in [-0.05, 0) is 51.5 Å². The molecule has 0 radical (unpaired) electrons. The van der Waals surface area contributed by atoms with Crippen LogP contribution in [0.4, 0.5) is 36.4 Å². The van der Waals surface area contributed by atoms with E-state index in [0.29, 0.717) is 17.5 Å². The van der Waals surface area contributed by atoms with Crippen LogP contribution in [0, 0.1) is 5.82 Å². The first-order valence-corrected chi connectivity index (χ1v) is 9.40. The average Bonchev–Trinajstić information content (AvgIpc) is 3.34. The van der Waals surface area contributed by atoms with Crippen molar-refractivity contribution in [2.45, 2.75) is 18.9 Å². The molecule has 2 aromatic carbocycles. The molecule has 0 aliphatic rings. The van der Waals surface area contributed by atoms with E-state index < -0.39 is 46.0 Å². The first-order valence-electron chi connectivity index (χ1n) is 8.61. The second kappa shape index (κ2) is 7.76. The van der Waals surface area contributed by atoms with Gasteiger partial charge in [-0.1, -0.05) is 0 Å². The zero-order valence-electron chi connectivity index (χ0n) is 15.4. The highest BCUT2D eigenvalue weighted by atomic mass is 79.9. The molecule has 6 nitrogen and oxygen atoms in total. The molecule has 168 valence electrons. The lowest BCUT2D eigenvalue weighted by atomic mass is 10.1. The van der Waals surface area contributed by atoms with Gasteiger partial charge >= 0.3 is 12.4 Å². The number of halogens is 8. The summed E-state index contributed by atoms with van der Waals surface area (Å²) in [6.07, 6.45) is -10.1. The molecule has 0 aliphatic heterocycles. The monoisotopic (exact) mass is 523 g/mol. The Balaban J connectivity index is 1.66. The third kappa shape index (κ3) is 4.26. The highest BCUT2D eigenvalue weighted by molar-refractivity contribution is 9.10. The Kier molecular flexibility index (Phi) is 5.35. The third-order valence-corrected chi connectivity index (χ3v) is 5.27. The molecule has 0 saturated carbocycles. The molecule has 0 amide bonds. The van der Waals surface area contributed by atoms with E-state index in [1.807, 2.05) is 0 Å². The fourth-order valence-electron chi connectivity index (χ4n) is 2.95. The van der Waals surface area contributed by atoms with Crippen molar-refractivity contribution >= 4 is 32.6 Å². The number of hydrogen-bond donors (Lipinski definition) is 2. The molecule has 2 N–H and O–H groups in total. The Labute approximate surface area is 181 Å². The molecule has 32 heavy (non-hydrogen) atoms. The van der Waals surface area contributed by atoms with Gasteiger partial charge in [0.2, 0.25) is 5.82 Å². The van der Waals surface area contributed by atoms with Crippen molar-refractivity contribution in [1.82, 2.24) is 20.6 Å². The number of aromatic nitrogens is 4. The van der Waals surface area contributed by atoms with Crippen LogP contribution in [0.5, 0.6) is 0 Å². The Bertz CT molecular complexity index is 1250. The summed E-state index contributed by atoms with van der Waals surface area (Å²) >= 11 is 2.38. The Morgan fingerprint density at radius 2 is 1.62 bits per heavy atom. The van der Waals surface area contributed by atoms with Crippen LogP contribution in [-0.4, -0.2) is 20.6 Å². The van der Waals surface area contributed by atoms with Crippen molar-refractivity contribution in [3.05, 3.63) is 57.3 Å². The number of anilines is 1. The molecule has 0 bridgehead atoms. The van der Waals surface area contributed by atoms with Crippen LogP contribution in [0.25, 0.3) is 22.6 Å². The highest BCUT2D eigenvalue weighted by Crippen LogP contribution is 2.44. The number of alkyl halides is 6. The lowest BCUT2D eigenvalue weighted by Crippen LogP contribution is -2.14. The van der Waals surface area contributed by atoms with Crippen LogP contribution in [0.15, 0.2) is 39.2 Å². The number of fused-ring (bicyclic) bond motifs is 1. The quantitative estimate of drug-likeness (QED) is 0.313. The third-order valence-electron chi connectivity index (χ3n) is 4.42. The maximum atomic E-state index is 14.5. The smallest absolute Gasteiger partial charge is 0.417 e. The SMILES string of the molecule is Fc1cc2cc(-c3nn[nH]n3)oc2cc1CNc1cc(C(F)(F)F)c(Br)c(C(F)(F)F)c1. The van der Waals surface area contributed by atoms with E-state index >= 15 is 0 Å². The molecule has 14 heteroatoms. The number of nitrogens with one attached hydrogen (secondary N) is 2. The number of nitrogens with zero attached hydrogens (tertiary/aromatic N) is 3. The van der Waals surface area contributed by atoms with E-state index in [0.717, 1.165) is 6.07 Å². The molecular weight excluding hydrogens is 515 g/mol. The summed E-state index contributed by atoms with van der Waals surface area (Å²) in [5.74, 6) is -0.430. The van der Waals surface area contributed by atoms with Gasteiger partial charge in [0.1, 0.15) is 11.4 Å². The molecule has 0 unspecified atom stereocenters. The minimum atomic E-state index is -5.04. The van der Waals surface area contributed by atoms with Gasteiger partial charge in [0.15, 0.2) is 5.76 Å². The van der Waals surface area contributed by atoms with E-state index in [9.17, 15) is 30.7 Å². The zero-order valence-corrected chi connectivity index (χ0v) is 17.0. The van der Waals surface area contributed by atoms with Gasteiger partial charge < -0.3 is 9.73 Å². The molecule has 4 aromatic rings. The molecule has 0 fully saturated rings. The van der Waals surface area contributed by atoms with E-state index in [1.54, 1.807) is 0 Å². The molecule has 0 saturated heterocycles. The Hall–Kier alpha value is -3.16. The number of H-pyrrole nitrogens is 1. The molecule has 4 rings (SSSR count). The van der Waals surface area contributed by atoms with Crippen molar-refractivity contribution in [2.24, 2.45) is 0 Å². The maximum absolute atomic E-state index is 14.5. The number of hydrogen-bond acceptors (Lipinski definition) is 5. The van der Waals surface area contributed by atoms with Gasteiger partial charge in [-0.3, -0.25) is 0 Å². The Morgan fingerprint density at radius 1 is 0.969 bits per heavy atom. The maximum Gasteiger partial charge on any atom is 0.417 e. The summed E-state index contributed by atoms with van der Waals surface area (Å²) in [7, 11) is 0. The molecule has 0 aliphatic carbocycles. The van der Waals surface area contributed by atoms with Gasteiger partial charge in [-0.25, -0.2) is 4.39 Å². The van der Waals surface area contributed by atoms with Crippen molar-refractivity contribution < 1.29 is 35.2 Å². The summed E-state index contributed by atoms with van der Waals surface area (Å²) in [5.41, 5.74) is -3.34. The fourth-order valence-corrected chi connectivity index (χ4v) is 3.63. The van der Waals surface area contributed by atoms with Gasteiger partial charge in [-0.15, -0.1) is 10.2 Å². The summed E-state index contributed by atoms with van der Waals surface area (Å²) in [5, 5.41) is 15.8. The number of aromatic amines is 1. The summed E-state index contributed by atoms with van der Waals surface area (Å²) in [6.45, 7) is -0.407. The second-order valence-electron chi connectivity index (χ2n) is 6.56. The number of furan rings is 1. The lowest BCUT2D eigenvalue weighted by molar-refractivity contribution is -0.144. The minimum absolute atomic E-state index is 0.0449. The van der Waals surface area contributed by atoms with E-state index in [-0.39, 0.29) is 22.7 Å². The second-order valence-corrected chi connectivity index (χ2v) is 7.35. The summed E-state index contributed by atoms with van der Waals surface area (Å²) in [4.78, 5) is 0. The van der Waals surface area contributed by atoms with Crippen LogP contribution in [0.3, 0.4) is 0 Å². The van der Waals surface area contributed by atoms with Gasteiger partial charge in [0, 0.05) is 27.7 Å². The van der Waals surface area contributed by atoms with E-state index in [4.69, 9.17) is 4.42 Å². The van der Waals surface area contributed by atoms with Crippen LogP contribution >= 0.6 is 15.9 Å². The van der Waals surface area contributed by atoms with Crippen molar-refractivity contribution in [3.8, 4) is 11.6 Å². The normalized spacial score (nSPS) is 12.5.